The molecular weight excluding hydrogens is 315 g/mol. The van der Waals surface area contributed by atoms with E-state index in [0.29, 0.717) is 11.3 Å². The van der Waals surface area contributed by atoms with E-state index < -0.39 is 5.82 Å². The van der Waals surface area contributed by atoms with Gasteiger partial charge in [-0.15, -0.1) is 0 Å². The van der Waals surface area contributed by atoms with Crippen molar-refractivity contribution in [2.24, 2.45) is 10.8 Å². The first-order valence-corrected chi connectivity index (χ1v) is 6.99. The highest BCUT2D eigenvalue weighted by Crippen LogP contribution is 2.16. The van der Waals surface area contributed by atoms with Gasteiger partial charge in [0, 0.05) is 5.56 Å². The average Bonchev–Trinajstić information content (AvgIpc) is 2.53. The van der Waals surface area contributed by atoms with Gasteiger partial charge in [-0.3, -0.25) is 5.43 Å². The Kier molecular flexibility index (Phi) is 5.61. The van der Waals surface area contributed by atoms with E-state index in [1.54, 1.807) is 24.3 Å². The second kappa shape index (κ2) is 7.87. The van der Waals surface area contributed by atoms with Crippen LogP contribution in [0.3, 0.4) is 0 Å². The Hall–Kier alpha value is -2.98. The molecule has 0 heterocycles. The van der Waals surface area contributed by atoms with Gasteiger partial charge >= 0.3 is 0 Å². The predicted octanol–water partition coefficient (Wildman–Crippen LogP) is 2.44. The number of rotatable bonds is 5. The van der Waals surface area contributed by atoms with Crippen molar-refractivity contribution in [3.8, 4) is 11.8 Å². The molecule has 0 bridgehead atoms. The van der Waals surface area contributed by atoms with Crippen molar-refractivity contribution >= 4 is 23.5 Å². The van der Waals surface area contributed by atoms with Gasteiger partial charge < -0.3 is 10.5 Å². The number of hydrazone groups is 1. The van der Waals surface area contributed by atoms with Gasteiger partial charge in [0.1, 0.15) is 18.2 Å². The van der Waals surface area contributed by atoms with Crippen LogP contribution in [0.4, 0.5) is 4.39 Å². The molecule has 0 aliphatic heterocycles. The molecule has 5 nitrogen and oxygen atoms in total. The zero-order valence-corrected chi connectivity index (χ0v) is 12.8. The van der Waals surface area contributed by atoms with Crippen LogP contribution < -0.4 is 15.9 Å². The average molecular weight is 328 g/mol. The standard InChI is InChI=1S/C16H13FN4OS/c17-15-7-11(8-18)4-5-13(15)10-22-14-3-1-2-12(6-14)9-20-21-16(19)23/h1-7,9H,10H2,(H3,19,21,23). The highest BCUT2D eigenvalue weighted by molar-refractivity contribution is 7.80. The SMILES string of the molecule is N#Cc1ccc(COc2cccc(C=NNC(N)=S)c2)c(F)c1. The van der Waals surface area contributed by atoms with Gasteiger partial charge in [0.2, 0.25) is 0 Å². The fourth-order valence-electron chi connectivity index (χ4n) is 1.75. The maximum absolute atomic E-state index is 13.8. The summed E-state index contributed by atoms with van der Waals surface area (Å²) in [6, 6.07) is 13.2. The molecule has 2 aromatic rings. The molecule has 0 aliphatic rings. The molecule has 3 N–H and O–H groups in total. The molecule has 0 saturated heterocycles. The lowest BCUT2D eigenvalue weighted by atomic mass is 10.1. The minimum atomic E-state index is -0.470. The molecular formula is C16H13FN4OS. The smallest absolute Gasteiger partial charge is 0.184 e. The van der Waals surface area contributed by atoms with Gasteiger partial charge in [0.15, 0.2) is 5.11 Å². The van der Waals surface area contributed by atoms with Crippen LogP contribution in [0.1, 0.15) is 16.7 Å². The molecule has 2 aromatic carbocycles. The quantitative estimate of drug-likeness (QED) is 0.500. The number of nitrogens with zero attached hydrogens (tertiary/aromatic N) is 2. The van der Waals surface area contributed by atoms with E-state index in [1.165, 1.54) is 18.3 Å². The minimum absolute atomic E-state index is 0.0588. The predicted molar refractivity (Wildman–Crippen MR) is 89.4 cm³/mol. The first-order chi connectivity index (χ1) is 11.1. The molecule has 2 rings (SSSR count). The highest BCUT2D eigenvalue weighted by Gasteiger charge is 2.05. The van der Waals surface area contributed by atoms with E-state index >= 15 is 0 Å². The highest BCUT2D eigenvalue weighted by atomic mass is 32.1. The largest absolute Gasteiger partial charge is 0.489 e. The van der Waals surface area contributed by atoms with Crippen molar-refractivity contribution < 1.29 is 9.13 Å². The number of nitrogens with two attached hydrogens (primary N) is 1. The number of hydrogen-bond acceptors (Lipinski definition) is 4. The van der Waals surface area contributed by atoms with Gasteiger partial charge in [-0.25, -0.2) is 4.39 Å². The summed E-state index contributed by atoms with van der Waals surface area (Å²) >= 11 is 4.64. The summed E-state index contributed by atoms with van der Waals surface area (Å²) in [5, 5.41) is 12.6. The number of nitrogens with one attached hydrogen (secondary N) is 1. The Morgan fingerprint density at radius 1 is 1.39 bits per heavy atom. The normalized spacial score (nSPS) is 10.3. The molecule has 0 aromatic heterocycles. The molecule has 0 amide bonds. The topological polar surface area (TPSA) is 83.4 Å². The first kappa shape index (κ1) is 16.4. The zero-order chi connectivity index (χ0) is 16.7. The van der Waals surface area contributed by atoms with Crippen molar-refractivity contribution in [1.29, 1.82) is 5.26 Å². The maximum atomic E-state index is 13.8. The van der Waals surface area contributed by atoms with Crippen molar-refractivity contribution in [2.45, 2.75) is 6.61 Å². The summed E-state index contributed by atoms with van der Waals surface area (Å²) in [5.74, 6) is 0.0930. The van der Waals surface area contributed by atoms with Gasteiger partial charge in [0.25, 0.3) is 0 Å². The minimum Gasteiger partial charge on any atom is -0.489 e. The van der Waals surface area contributed by atoms with Crippen LogP contribution in [0.25, 0.3) is 0 Å². The molecule has 23 heavy (non-hydrogen) atoms. The van der Waals surface area contributed by atoms with Crippen LogP contribution in [0.5, 0.6) is 5.75 Å². The van der Waals surface area contributed by atoms with Crippen molar-refractivity contribution in [3.05, 3.63) is 65.0 Å². The summed E-state index contributed by atoms with van der Waals surface area (Å²) in [6.07, 6.45) is 1.54. The van der Waals surface area contributed by atoms with Gasteiger partial charge in [-0.05, 0) is 42.0 Å². The summed E-state index contributed by atoms with van der Waals surface area (Å²) in [5.41, 5.74) is 9.13. The van der Waals surface area contributed by atoms with Gasteiger partial charge in [0.05, 0.1) is 17.8 Å². The van der Waals surface area contributed by atoms with Gasteiger partial charge in [-0.2, -0.15) is 10.4 Å². The lowest BCUT2D eigenvalue weighted by Gasteiger charge is -2.08. The summed E-state index contributed by atoms with van der Waals surface area (Å²) < 4.78 is 19.3. The monoisotopic (exact) mass is 328 g/mol. The third-order valence-corrected chi connectivity index (χ3v) is 2.91. The number of thiocarbonyl (C=S) groups is 1. The van der Waals surface area contributed by atoms with E-state index in [1.807, 2.05) is 12.1 Å². The summed E-state index contributed by atoms with van der Waals surface area (Å²) in [7, 11) is 0. The molecule has 116 valence electrons. The lowest BCUT2D eigenvalue weighted by Crippen LogP contribution is -2.23. The van der Waals surface area contributed by atoms with Crippen LogP contribution in [-0.2, 0) is 6.61 Å². The van der Waals surface area contributed by atoms with E-state index in [-0.39, 0.29) is 17.3 Å². The van der Waals surface area contributed by atoms with E-state index in [0.717, 1.165) is 5.56 Å². The Bertz CT molecular complexity index is 786. The molecule has 0 unspecified atom stereocenters. The molecule has 7 heteroatoms. The summed E-state index contributed by atoms with van der Waals surface area (Å²) in [6.45, 7) is 0.0588. The van der Waals surface area contributed by atoms with Crippen molar-refractivity contribution in [2.75, 3.05) is 0 Å². The fraction of sp³-hybridized carbons (Fsp3) is 0.0625. The second-order valence-corrected chi connectivity index (χ2v) is 4.95. The molecule has 0 atom stereocenters. The maximum Gasteiger partial charge on any atom is 0.184 e. The Morgan fingerprint density at radius 3 is 2.91 bits per heavy atom. The Labute approximate surface area is 138 Å². The van der Waals surface area contributed by atoms with Crippen molar-refractivity contribution in [3.63, 3.8) is 0 Å². The number of nitriles is 1. The molecule has 0 spiro atoms. The molecule has 0 saturated carbocycles. The zero-order valence-electron chi connectivity index (χ0n) is 12.0. The molecule has 0 radical (unpaired) electrons. The second-order valence-electron chi connectivity index (χ2n) is 4.51. The Morgan fingerprint density at radius 2 is 2.22 bits per heavy atom. The van der Waals surface area contributed by atoms with Crippen LogP contribution in [0, 0.1) is 17.1 Å². The number of benzene rings is 2. The van der Waals surface area contributed by atoms with E-state index in [9.17, 15) is 4.39 Å². The first-order valence-electron chi connectivity index (χ1n) is 6.58. The molecule has 0 fully saturated rings. The number of hydrogen-bond donors (Lipinski definition) is 2. The van der Waals surface area contributed by atoms with E-state index in [2.05, 4.69) is 22.7 Å². The third kappa shape index (κ3) is 5.05. The van der Waals surface area contributed by atoms with Gasteiger partial charge in [-0.1, -0.05) is 18.2 Å². The fourth-order valence-corrected chi connectivity index (χ4v) is 1.80. The van der Waals surface area contributed by atoms with Crippen molar-refractivity contribution in [1.82, 2.24) is 5.43 Å². The van der Waals surface area contributed by atoms with Crippen LogP contribution in [-0.4, -0.2) is 11.3 Å². The van der Waals surface area contributed by atoms with Crippen LogP contribution in [0.2, 0.25) is 0 Å². The lowest BCUT2D eigenvalue weighted by molar-refractivity contribution is 0.300. The number of ether oxygens (including phenoxy) is 1. The third-order valence-electron chi connectivity index (χ3n) is 2.82. The number of halogens is 1. The van der Waals surface area contributed by atoms with E-state index in [4.69, 9.17) is 15.7 Å². The summed E-state index contributed by atoms with van der Waals surface area (Å²) in [4.78, 5) is 0. The van der Waals surface area contributed by atoms with Crippen LogP contribution in [0.15, 0.2) is 47.6 Å². The molecule has 0 aliphatic carbocycles. The van der Waals surface area contributed by atoms with Crippen LogP contribution >= 0.6 is 12.2 Å². The Balaban J connectivity index is 2.02.